The van der Waals surface area contributed by atoms with Crippen LogP contribution in [0.3, 0.4) is 0 Å². The van der Waals surface area contributed by atoms with Crippen molar-refractivity contribution < 1.29 is 26.4 Å². The second kappa shape index (κ2) is 11.2. The summed E-state index contributed by atoms with van der Waals surface area (Å²) in [5, 5.41) is 12.3. The van der Waals surface area contributed by atoms with E-state index in [2.05, 4.69) is 10.2 Å². The number of rotatable bonds is 7. The van der Waals surface area contributed by atoms with Crippen molar-refractivity contribution in [1.82, 2.24) is 15.1 Å². The maximum Gasteiger partial charge on any atom is 0.416 e. The number of halogens is 4. The van der Waals surface area contributed by atoms with E-state index in [0.717, 1.165) is 12.1 Å². The number of alkyl halides is 3. The minimum Gasteiger partial charge on any atom is -0.348 e. The van der Waals surface area contributed by atoms with Crippen molar-refractivity contribution in [1.29, 1.82) is 5.26 Å². The van der Waals surface area contributed by atoms with Crippen molar-refractivity contribution in [2.75, 3.05) is 39.0 Å². The van der Waals surface area contributed by atoms with Gasteiger partial charge in [0.2, 0.25) is 0 Å². The van der Waals surface area contributed by atoms with Crippen LogP contribution in [0.15, 0.2) is 35.2 Å². The van der Waals surface area contributed by atoms with E-state index in [0.29, 0.717) is 26.2 Å². The third kappa shape index (κ3) is 6.56. The van der Waals surface area contributed by atoms with E-state index in [1.54, 1.807) is 6.07 Å². The van der Waals surface area contributed by atoms with E-state index in [1.165, 1.54) is 25.1 Å². The Morgan fingerprint density at radius 2 is 1.83 bits per heavy atom. The molecule has 12 heteroatoms. The Morgan fingerprint density at radius 3 is 2.42 bits per heavy atom. The van der Waals surface area contributed by atoms with Gasteiger partial charge in [0.15, 0.2) is 9.84 Å². The van der Waals surface area contributed by atoms with Crippen LogP contribution < -0.4 is 5.32 Å². The monoisotopic (exact) mass is 542 g/mol. The topological polar surface area (TPSA) is 93.5 Å². The molecule has 0 atom stereocenters. The molecule has 1 amide bonds. The lowest BCUT2D eigenvalue weighted by atomic mass is 9.96. The van der Waals surface area contributed by atoms with Gasteiger partial charge >= 0.3 is 6.18 Å². The van der Waals surface area contributed by atoms with E-state index in [1.807, 2.05) is 11.9 Å². The van der Waals surface area contributed by atoms with Gasteiger partial charge in [0.1, 0.15) is 0 Å². The number of nitrogens with one attached hydrogen (secondary N) is 1. The molecule has 36 heavy (non-hydrogen) atoms. The van der Waals surface area contributed by atoms with Gasteiger partial charge < -0.3 is 10.2 Å². The molecule has 1 aliphatic rings. The summed E-state index contributed by atoms with van der Waals surface area (Å²) in [4.78, 5) is 16.7. The highest BCUT2D eigenvalue weighted by Gasteiger charge is 2.36. The van der Waals surface area contributed by atoms with Crippen LogP contribution in [-0.2, 0) is 29.1 Å². The van der Waals surface area contributed by atoms with E-state index >= 15 is 0 Å². The maximum absolute atomic E-state index is 14.0. The summed E-state index contributed by atoms with van der Waals surface area (Å²) in [7, 11) is -1.70. The summed E-state index contributed by atoms with van der Waals surface area (Å²) in [6, 6.07) is 7.79. The molecule has 1 fully saturated rings. The Kier molecular flexibility index (Phi) is 8.67. The van der Waals surface area contributed by atoms with Gasteiger partial charge in [-0.3, -0.25) is 9.69 Å². The molecule has 1 aliphatic heterocycles. The van der Waals surface area contributed by atoms with E-state index in [9.17, 15) is 31.6 Å². The standard InChI is InChI=1S/C24H26ClF3N4O3S/c1-3-36(34,35)22-5-4-19(25)11-18(22)14-30-23(33)16-10-17(13-29)20(21(12-16)24(26,27)28)15-32-8-6-31(2)7-9-32/h4-5,10-12H,3,6-9,14-15H2,1-2H3,(H,30,33). The number of amides is 1. The van der Waals surface area contributed by atoms with Crippen molar-refractivity contribution in [3.63, 3.8) is 0 Å². The molecule has 0 aliphatic carbocycles. The zero-order valence-corrected chi connectivity index (χ0v) is 21.4. The molecule has 2 aromatic rings. The van der Waals surface area contributed by atoms with Crippen LogP contribution in [0.4, 0.5) is 13.2 Å². The van der Waals surface area contributed by atoms with Gasteiger partial charge in [0, 0.05) is 49.9 Å². The molecule has 0 bridgehead atoms. The van der Waals surface area contributed by atoms with Crippen molar-refractivity contribution in [2.24, 2.45) is 0 Å². The lowest BCUT2D eigenvalue weighted by molar-refractivity contribution is -0.138. The Hall–Kier alpha value is -2.65. The molecule has 0 saturated carbocycles. The molecule has 1 N–H and O–H groups in total. The zero-order chi connectivity index (χ0) is 26.7. The fourth-order valence-electron chi connectivity index (χ4n) is 3.98. The number of nitrogens with zero attached hydrogens (tertiary/aromatic N) is 3. The third-order valence-corrected chi connectivity index (χ3v) is 8.16. The highest BCUT2D eigenvalue weighted by Crippen LogP contribution is 2.35. The second-order valence-electron chi connectivity index (χ2n) is 8.58. The van der Waals surface area contributed by atoms with Crippen LogP contribution in [0.1, 0.15) is 39.5 Å². The van der Waals surface area contributed by atoms with Crippen LogP contribution in [0.2, 0.25) is 5.02 Å². The molecule has 3 rings (SSSR count). The van der Waals surface area contributed by atoms with Gasteiger partial charge in [0.25, 0.3) is 5.91 Å². The number of carbonyl (C=O) groups excluding carboxylic acids is 1. The quantitative estimate of drug-likeness (QED) is 0.573. The molecule has 0 unspecified atom stereocenters. The van der Waals surface area contributed by atoms with Gasteiger partial charge in [-0.25, -0.2) is 8.42 Å². The van der Waals surface area contributed by atoms with Crippen molar-refractivity contribution in [3.05, 3.63) is 63.2 Å². The van der Waals surface area contributed by atoms with E-state index in [-0.39, 0.29) is 51.0 Å². The molecular formula is C24H26ClF3N4O3S. The molecule has 1 heterocycles. The normalized spacial score (nSPS) is 15.5. The fraction of sp³-hybridized carbons (Fsp3) is 0.417. The molecule has 2 aromatic carbocycles. The summed E-state index contributed by atoms with van der Waals surface area (Å²) in [6.45, 7) is 3.64. The van der Waals surface area contributed by atoms with E-state index in [4.69, 9.17) is 11.6 Å². The number of piperazine rings is 1. The van der Waals surface area contributed by atoms with Crippen LogP contribution in [0.25, 0.3) is 0 Å². The molecule has 194 valence electrons. The first-order valence-electron chi connectivity index (χ1n) is 11.2. The highest BCUT2D eigenvalue weighted by molar-refractivity contribution is 7.91. The van der Waals surface area contributed by atoms with Gasteiger partial charge in [-0.05, 0) is 48.5 Å². The van der Waals surface area contributed by atoms with Gasteiger partial charge in [-0.2, -0.15) is 18.4 Å². The molecular weight excluding hydrogens is 517 g/mol. The largest absolute Gasteiger partial charge is 0.416 e. The minimum atomic E-state index is -4.78. The van der Waals surface area contributed by atoms with Crippen LogP contribution in [0.5, 0.6) is 0 Å². The summed E-state index contributed by atoms with van der Waals surface area (Å²) in [5.74, 6) is -1.05. The number of carbonyl (C=O) groups is 1. The zero-order valence-electron chi connectivity index (χ0n) is 19.8. The first kappa shape index (κ1) is 27.9. The molecule has 1 saturated heterocycles. The SMILES string of the molecule is CCS(=O)(=O)c1ccc(Cl)cc1CNC(=O)c1cc(C#N)c(CN2CCN(C)CC2)c(C(F)(F)F)c1. The van der Waals surface area contributed by atoms with E-state index < -0.39 is 27.5 Å². The number of hydrogen-bond donors (Lipinski definition) is 1. The van der Waals surface area contributed by atoms with Crippen molar-refractivity contribution in [3.8, 4) is 6.07 Å². The van der Waals surface area contributed by atoms with Gasteiger partial charge in [-0.1, -0.05) is 18.5 Å². The highest BCUT2D eigenvalue weighted by atomic mass is 35.5. The van der Waals surface area contributed by atoms with Gasteiger partial charge in [0.05, 0.1) is 27.8 Å². The predicted octanol–water partition coefficient (Wildman–Crippen LogP) is 3.70. The van der Waals surface area contributed by atoms with Crippen LogP contribution >= 0.6 is 11.6 Å². The molecule has 0 spiro atoms. The average Bonchev–Trinajstić information content (AvgIpc) is 2.83. The predicted molar refractivity (Wildman–Crippen MR) is 129 cm³/mol. The molecule has 7 nitrogen and oxygen atoms in total. The fourth-order valence-corrected chi connectivity index (χ4v) is 5.29. The Morgan fingerprint density at radius 1 is 1.17 bits per heavy atom. The maximum atomic E-state index is 14.0. The lowest BCUT2D eigenvalue weighted by Crippen LogP contribution is -2.44. The summed E-state index contributed by atoms with van der Waals surface area (Å²) >= 11 is 5.98. The first-order valence-corrected chi connectivity index (χ1v) is 13.2. The Balaban J connectivity index is 1.91. The number of hydrogen-bond acceptors (Lipinski definition) is 6. The van der Waals surface area contributed by atoms with Crippen LogP contribution in [0, 0.1) is 11.3 Å². The van der Waals surface area contributed by atoms with Crippen molar-refractivity contribution >= 4 is 27.3 Å². The number of sulfone groups is 1. The second-order valence-corrected chi connectivity index (χ2v) is 11.3. The minimum absolute atomic E-state index is 0.0223. The number of nitriles is 1. The summed E-state index contributed by atoms with van der Waals surface area (Å²) < 4.78 is 66.7. The number of likely N-dealkylation sites (N-methyl/N-ethyl adjacent to an activating group) is 1. The third-order valence-electron chi connectivity index (χ3n) is 6.09. The summed E-state index contributed by atoms with van der Waals surface area (Å²) in [5.41, 5.74) is -1.57. The Bertz CT molecular complexity index is 1280. The summed E-state index contributed by atoms with van der Waals surface area (Å²) in [6.07, 6.45) is -4.78. The number of benzene rings is 2. The van der Waals surface area contributed by atoms with Gasteiger partial charge in [-0.15, -0.1) is 0 Å². The lowest BCUT2D eigenvalue weighted by Gasteiger charge is -2.33. The van der Waals surface area contributed by atoms with Crippen molar-refractivity contribution in [2.45, 2.75) is 31.1 Å². The van der Waals surface area contributed by atoms with Crippen LogP contribution in [-0.4, -0.2) is 63.1 Å². The average molecular weight is 543 g/mol. The first-order chi connectivity index (χ1) is 16.9. The smallest absolute Gasteiger partial charge is 0.348 e. The Labute approximate surface area is 213 Å². The molecule has 0 aromatic heterocycles. The molecule has 0 radical (unpaired) electrons.